The molecule has 0 aromatic heterocycles. The van der Waals surface area contributed by atoms with Crippen molar-refractivity contribution in [3.05, 3.63) is 19.6 Å². The van der Waals surface area contributed by atoms with Crippen LogP contribution < -0.4 is 5.32 Å². The van der Waals surface area contributed by atoms with Gasteiger partial charge in [-0.3, -0.25) is 0 Å². The van der Waals surface area contributed by atoms with E-state index in [1.165, 1.54) is 0 Å². The lowest BCUT2D eigenvalue weighted by atomic mass is 10.3. The van der Waals surface area contributed by atoms with E-state index in [0.29, 0.717) is 6.04 Å². The van der Waals surface area contributed by atoms with Gasteiger partial charge in [0.1, 0.15) is 0 Å². The summed E-state index contributed by atoms with van der Waals surface area (Å²) in [6, 6.07) is 0.428. The lowest BCUT2D eigenvalue weighted by Gasteiger charge is -2.05. The second kappa shape index (κ2) is 4.85. The van der Waals surface area contributed by atoms with Gasteiger partial charge in [0.2, 0.25) is 0 Å². The molecule has 1 N–H and O–H groups in total. The second-order valence-electron chi connectivity index (χ2n) is 1.83. The highest BCUT2D eigenvalue weighted by molar-refractivity contribution is 4.80. The summed E-state index contributed by atoms with van der Waals surface area (Å²) in [5, 5.41) is 3.20. The van der Waals surface area contributed by atoms with Crippen molar-refractivity contribution in [1.82, 2.24) is 5.32 Å². The Hall–Kier alpha value is -0.300. The molecule has 0 aliphatic carbocycles. The molecule has 0 aliphatic heterocycles. The summed E-state index contributed by atoms with van der Waals surface area (Å²) in [6.07, 6.45) is 2.83. The molecule has 1 nitrogen and oxygen atoms in total. The summed E-state index contributed by atoms with van der Waals surface area (Å²) in [7, 11) is 0. The van der Waals surface area contributed by atoms with E-state index in [4.69, 9.17) is 0 Å². The van der Waals surface area contributed by atoms with Gasteiger partial charge in [-0.1, -0.05) is 13.0 Å². The van der Waals surface area contributed by atoms with Crippen LogP contribution in [0.2, 0.25) is 0 Å². The fourth-order valence-corrected chi connectivity index (χ4v) is 0.413. The molecule has 1 radical (unpaired) electrons. The number of nitrogens with one attached hydrogen (secondary N) is 1. The van der Waals surface area contributed by atoms with Gasteiger partial charge in [-0.25, -0.2) is 0 Å². The SMILES string of the molecule is [CH2]CCNC(C)C=C. The van der Waals surface area contributed by atoms with E-state index in [2.05, 4.69) is 25.7 Å². The molecule has 47 valence electrons. The highest BCUT2D eigenvalue weighted by Gasteiger charge is 1.88. The minimum absolute atomic E-state index is 0.428. The molecule has 0 rings (SSSR count). The molecular weight excluding hydrogens is 98.1 g/mol. The highest BCUT2D eigenvalue weighted by Crippen LogP contribution is 1.80. The monoisotopic (exact) mass is 112 g/mol. The third-order valence-corrected chi connectivity index (χ3v) is 0.997. The maximum atomic E-state index is 3.70. The first-order valence-electron chi connectivity index (χ1n) is 2.96. The van der Waals surface area contributed by atoms with Crippen LogP contribution in [-0.2, 0) is 0 Å². The van der Waals surface area contributed by atoms with E-state index in [1.54, 1.807) is 0 Å². The maximum Gasteiger partial charge on any atom is 0.0219 e. The van der Waals surface area contributed by atoms with Gasteiger partial charge in [-0.2, -0.15) is 0 Å². The molecule has 0 saturated carbocycles. The van der Waals surface area contributed by atoms with Crippen LogP contribution >= 0.6 is 0 Å². The van der Waals surface area contributed by atoms with Crippen LogP contribution in [0.15, 0.2) is 12.7 Å². The van der Waals surface area contributed by atoms with Crippen molar-refractivity contribution < 1.29 is 0 Å². The Morgan fingerprint density at radius 1 is 1.75 bits per heavy atom. The standard InChI is InChI=1S/C7H14N/c1-4-6-8-7(3)5-2/h5,7-8H,1-2,4,6H2,3H3. The molecular formula is C7H14N. The quantitative estimate of drug-likeness (QED) is 0.542. The summed E-state index contributed by atoms with van der Waals surface area (Å²) in [6.45, 7) is 10.4. The van der Waals surface area contributed by atoms with E-state index in [9.17, 15) is 0 Å². The van der Waals surface area contributed by atoms with Crippen molar-refractivity contribution in [1.29, 1.82) is 0 Å². The molecule has 0 aromatic rings. The Kier molecular flexibility index (Phi) is 4.67. The largest absolute Gasteiger partial charge is 0.311 e. The molecule has 1 atom stereocenters. The first kappa shape index (κ1) is 7.70. The lowest BCUT2D eigenvalue weighted by molar-refractivity contribution is 0.638. The average molecular weight is 112 g/mol. The first-order chi connectivity index (χ1) is 3.81. The van der Waals surface area contributed by atoms with Gasteiger partial charge in [0.05, 0.1) is 0 Å². The Labute approximate surface area is 51.8 Å². The third kappa shape index (κ3) is 3.88. The number of hydrogen-bond donors (Lipinski definition) is 1. The number of hydrogen-bond acceptors (Lipinski definition) is 1. The third-order valence-electron chi connectivity index (χ3n) is 0.997. The highest BCUT2D eigenvalue weighted by atomic mass is 14.9. The molecule has 0 aliphatic rings. The molecule has 0 spiro atoms. The zero-order valence-electron chi connectivity index (χ0n) is 5.48. The minimum atomic E-state index is 0.428. The Bertz CT molecular complexity index is 59.4. The van der Waals surface area contributed by atoms with Crippen molar-refractivity contribution in [2.45, 2.75) is 19.4 Å². The summed E-state index contributed by atoms with van der Waals surface area (Å²) < 4.78 is 0. The topological polar surface area (TPSA) is 12.0 Å². The fourth-order valence-electron chi connectivity index (χ4n) is 0.413. The Balaban J connectivity index is 2.98. The molecule has 0 amide bonds. The van der Waals surface area contributed by atoms with Gasteiger partial charge in [0.25, 0.3) is 0 Å². The average Bonchev–Trinajstić information content (AvgIpc) is 1.83. The molecule has 1 heteroatoms. The Morgan fingerprint density at radius 3 is 2.75 bits per heavy atom. The van der Waals surface area contributed by atoms with Crippen molar-refractivity contribution in [2.75, 3.05) is 6.54 Å². The molecule has 0 fully saturated rings. The van der Waals surface area contributed by atoms with Gasteiger partial charge in [0.15, 0.2) is 0 Å². The molecule has 0 aromatic carbocycles. The van der Waals surface area contributed by atoms with E-state index in [0.717, 1.165) is 13.0 Å². The van der Waals surface area contributed by atoms with Gasteiger partial charge in [0, 0.05) is 6.04 Å². The van der Waals surface area contributed by atoms with E-state index in [1.807, 2.05) is 6.08 Å². The second-order valence-corrected chi connectivity index (χ2v) is 1.83. The predicted molar refractivity (Wildman–Crippen MR) is 37.6 cm³/mol. The normalized spacial score (nSPS) is 13.2. The summed E-state index contributed by atoms with van der Waals surface area (Å²) in [5.74, 6) is 0. The fraction of sp³-hybridized carbons (Fsp3) is 0.571. The summed E-state index contributed by atoms with van der Waals surface area (Å²) in [5.41, 5.74) is 0. The summed E-state index contributed by atoms with van der Waals surface area (Å²) >= 11 is 0. The smallest absolute Gasteiger partial charge is 0.0219 e. The molecule has 0 saturated heterocycles. The predicted octanol–water partition coefficient (Wildman–Crippen LogP) is 1.37. The molecule has 0 bridgehead atoms. The van der Waals surface area contributed by atoms with Crippen LogP contribution in [-0.4, -0.2) is 12.6 Å². The van der Waals surface area contributed by atoms with Gasteiger partial charge in [-0.05, 0) is 19.9 Å². The zero-order chi connectivity index (χ0) is 6.41. The van der Waals surface area contributed by atoms with Gasteiger partial charge >= 0.3 is 0 Å². The van der Waals surface area contributed by atoms with Crippen LogP contribution in [0.25, 0.3) is 0 Å². The van der Waals surface area contributed by atoms with E-state index >= 15 is 0 Å². The zero-order valence-corrected chi connectivity index (χ0v) is 5.48. The lowest BCUT2D eigenvalue weighted by Crippen LogP contribution is -2.23. The van der Waals surface area contributed by atoms with Crippen LogP contribution in [0.4, 0.5) is 0 Å². The van der Waals surface area contributed by atoms with Crippen LogP contribution in [0.1, 0.15) is 13.3 Å². The van der Waals surface area contributed by atoms with E-state index < -0.39 is 0 Å². The molecule has 1 unspecified atom stereocenters. The van der Waals surface area contributed by atoms with Crippen LogP contribution in [0.5, 0.6) is 0 Å². The summed E-state index contributed by atoms with van der Waals surface area (Å²) in [4.78, 5) is 0. The van der Waals surface area contributed by atoms with Crippen LogP contribution in [0.3, 0.4) is 0 Å². The van der Waals surface area contributed by atoms with Crippen molar-refractivity contribution in [3.8, 4) is 0 Å². The van der Waals surface area contributed by atoms with Gasteiger partial charge in [-0.15, -0.1) is 6.58 Å². The minimum Gasteiger partial charge on any atom is -0.311 e. The van der Waals surface area contributed by atoms with Crippen molar-refractivity contribution in [3.63, 3.8) is 0 Å². The molecule has 0 heterocycles. The van der Waals surface area contributed by atoms with Crippen molar-refractivity contribution in [2.24, 2.45) is 0 Å². The van der Waals surface area contributed by atoms with Gasteiger partial charge < -0.3 is 5.32 Å². The first-order valence-corrected chi connectivity index (χ1v) is 2.96. The maximum absolute atomic E-state index is 3.70. The van der Waals surface area contributed by atoms with Crippen LogP contribution in [0, 0.1) is 6.92 Å². The Morgan fingerprint density at radius 2 is 2.38 bits per heavy atom. The van der Waals surface area contributed by atoms with E-state index in [-0.39, 0.29) is 0 Å². The van der Waals surface area contributed by atoms with Crippen molar-refractivity contribution >= 4 is 0 Å². The number of rotatable bonds is 4. The molecule has 8 heavy (non-hydrogen) atoms.